The molecule has 2 N–H and O–H groups in total. The predicted octanol–water partition coefficient (Wildman–Crippen LogP) is 3.66. The van der Waals surface area contributed by atoms with E-state index in [0.29, 0.717) is 15.6 Å². The molecule has 0 unspecified atom stereocenters. The molecule has 0 bridgehead atoms. The van der Waals surface area contributed by atoms with Gasteiger partial charge in [-0.1, -0.05) is 35.3 Å². The van der Waals surface area contributed by atoms with Crippen molar-refractivity contribution < 1.29 is 13.5 Å². The monoisotopic (exact) mass is 351 g/mol. The van der Waals surface area contributed by atoms with Crippen LogP contribution in [0.1, 0.15) is 11.1 Å². The third-order valence-corrected chi connectivity index (χ3v) is 5.76. The number of aliphatic hydroxyl groups excluding tert-OH is 1. The van der Waals surface area contributed by atoms with Gasteiger partial charge in [-0.25, -0.2) is 8.42 Å². The first-order chi connectivity index (χ1) is 9.33. The Labute approximate surface area is 131 Å². The molecule has 0 saturated carbocycles. The molecular weight excluding hydrogens is 341 g/mol. The van der Waals surface area contributed by atoms with Crippen molar-refractivity contribution in [1.29, 1.82) is 0 Å². The largest absolute Gasteiger partial charge is 0.392 e. The van der Waals surface area contributed by atoms with Crippen LogP contribution < -0.4 is 4.72 Å². The van der Waals surface area contributed by atoms with Crippen molar-refractivity contribution in [3.8, 4) is 0 Å². The van der Waals surface area contributed by atoms with E-state index < -0.39 is 10.0 Å². The van der Waals surface area contributed by atoms with E-state index in [1.54, 1.807) is 25.1 Å². The number of hydrogen-bond donors (Lipinski definition) is 2. The van der Waals surface area contributed by atoms with Crippen LogP contribution in [0.25, 0.3) is 0 Å². The Bertz CT molecular complexity index is 741. The molecule has 0 aliphatic carbocycles. The van der Waals surface area contributed by atoms with Crippen molar-refractivity contribution >= 4 is 50.2 Å². The van der Waals surface area contributed by atoms with E-state index in [1.807, 2.05) is 0 Å². The fraction of sp³-hybridized carbons (Fsp3) is 0.167. The molecule has 0 radical (unpaired) electrons. The number of anilines is 1. The van der Waals surface area contributed by atoms with Gasteiger partial charge in [0.25, 0.3) is 10.0 Å². The Kier molecular flexibility index (Phi) is 4.61. The quantitative estimate of drug-likeness (QED) is 0.883. The highest BCUT2D eigenvalue weighted by Crippen LogP contribution is 2.35. The molecule has 0 fully saturated rings. The van der Waals surface area contributed by atoms with Crippen LogP contribution in [0.5, 0.6) is 0 Å². The minimum Gasteiger partial charge on any atom is -0.392 e. The number of aliphatic hydroxyl groups is 1. The summed E-state index contributed by atoms with van der Waals surface area (Å²) in [7, 11) is -3.81. The van der Waals surface area contributed by atoms with Gasteiger partial charge in [-0.3, -0.25) is 4.72 Å². The standard InChI is InChI=1S/C12H11Cl2NO3S2/c1-7-2-3-8(6-16)4-9(7)15-20(17,18)10-5-11(13)19-12(10)14/h2-5,15-16H,6H2,1H3. The molecule has 8 heteroatoms. The Morgan fingerprint density at radius 3 is 2.55 bits per heavy atom. The lowest BCUT2D eigenvalue weighted by molar-refractivity contribution is 0.282. The van der Waals surface area contributed by atoms with Gasteiger partial charge in [0, 0.05) is 0 Å². The molecule has 0 spiro atoms. The van der Waals surface area contributed by atoms with Crippen molar-refractivity contribution in [1.82, 2.24) is 0 Å². The van der Waals surface area contributed by atoms with Crippen molar-refractivity contribution in [3.05, 3.63) is 44.1 Å². The van der Waals surface area contributed by atoms with Gasteiger partial charge < -0.3 is 5.11 Å². The molecule has 0 amide bonds. The van der Waals surface area contributed by atoms with Crippen molar-refractivity contribution in [2.24, 2.45) is 0 Å². The van der Waals surface area contributed by atoms with Crippen molar-refractivity contribution in [2.45, 2.75) is 18.4 Å². The summed E-state index contributed by atoms with van der Waals surface area (Å²) in [5, 5.41) is 9.10. The molecule has 0 saturated heterocycles. The highest BCUT2D eigenvalue weighted by molar-refractivity contribution is 7.93. The van der Waals surface area contributed by atoms with Gasteiger partial charge in [-0.2, -0.15) is 0 Å². The van der Waals surface area contributed by atoms with Crippen molar-refractivity contribution in [3.63, 3.8) is 0 Å². The van der Waals surface area contributed by atoms with Crippen LogP contribution >= 0.6 is 34.5 Å². The third kappa shape index (κ3) is 3.27. The summed E-state index contributed by atoms with van der Waals surface area (Å²) in [6.07, 6.45) is 0. The van der Waals surface area contributed by atoms with E-state index >= 15 is 0 Å². The maximum Gasteiger partial charge on any atom is 0.264 e. The molecule has 20 heavy (non-hydrogen) atoms. The van der Waals surface area contributed by atoms with E-state index in [0.717, 1.165) is 16.9 Å². The second-order valence-electron chi connectivity index (χ2n) is 4.10. The zero-order chi connectivity index (χ0) is 14.9. The maximum absolute atomic E-state index is 12.3. The highest BCUT2D eigenvalue weighted by Gasteiger charge is 2.21. The first-order valence-corrected chi connectivity index (χ1v) is 8.57. The van der Waals surface area contributed by atoms with E-state index in [-0.39, 0.29) is 15.8 Å². The fourth-order valence-electron chi connectivity index (χ4n) is 1.59. The van der Waals surface area contributed by atoms with Crippen LogP contribution in [0.3, 0.4) is 0 Å². The van der Waals surface area contributed by atoms with Crippen LogP contribution in [0.15, 0.2) is 29.2 Å². The van der Waals surface area contributed by atoms with Gasteiger partial charge in [0.15, 0.2) is 0 Å². The van der Waals surface area contributed by atoms with Crippen LogP contribution in [-0.4, -0.2) is 13.5 Å². The Hall–Kier alpha value is -0.790. The first-order valence-electron chi connectivity index (χ1n) is 5.51. The summed E-state index contributed by atoms with van der Waals surface area (Å²) in [6.45, 7) is 1.60. The lowest BCUT2D eigenvalue weighted by Gasteiger charge is -2.11. The molecule has 0 atom stereocenters. The highest BCUT2D eigenvalue weighted by atomic mass is 35.5. The third-order valence-electron chi connectivity index (χ3n) is 2.64. The van der Waals surface area contributed by atoms with Crippen LogP contribution in [-0.2, 0) is 16.6 Å². The number of halogens is 2. The van der Waals surface area contributed by atoms with Crippen molar-refractivity contribution in [2.75, 3.05) is 4.72 Å². The molecule has 1 heterocycles. The van der Waals surface area contributed by atoms with E-state index in [9.17, 15) is 8.42 Å². The number of aryl methyl sites for hydroxylation is 1. The minimum absolute atomic E-state index is 0.0528. The van der Waals surface area contributed by atoms with E-state index in [4.69, 9.17) is 28.3 Å². The molecule has 1 aromatic heterocycles. The molecule has 4 nitrogen and oxygen atoms in total. The number of sulfonamides is 1. The Balaban J connectivity index is 2.40. The van der Waals surface area contributed by atoms with Gasteiger partial charge >= 0.3 is 0 Å². The first kappa shape index (κ1) is 15.6. The van der Waals surface area contributed by atoms with E-state index in [1.165, 1.54) is 6.07 Å². The van der Waals surface area contributed by atoms with Crippen LogP contribution in [0.4, 0.5) is 5.69 Å². The topological polar surface area (TPSA) is 66.4 Å². The summed E-state index contributed by atoms with van der Waals surface area (Å²) in [4.78, 5) is -0.0528. The lowest BCUT2D eigenvalue weighted by atomic mass is 10.1. The molecule has 0 aliphatic rings. The molecule has 108 valence electrons. The summed E-state index contributed by atoms with van der Waals surface area (Å²) in [5.41, 5.74) is 1.75. The summed E-state index contributed by atoms with van der Waals surface area (Å²) >= 11 is 12.6. The van der Waals surface area contributed by atoms with Gasteiger partial charge in [-0.15, -0.1) is 11.3 Å². The number of rotatable bonds is 4. The lowest BCUT2D eigenvalue weighted by Crippen LogP contribution is -2.13. The van der Waals surface area contributed by atoms with Gasteiger partial charge in [-0.05, 0) is 30.2 Å². The SMILES string of the molecule is Cc1ccc(CO)cc1NS(=O)(=O)c1cc(Cl)sc1Cl. The number of hydrogen-bond acceptors (Lipinski definition) is 4. The minimum atomic E-state index is -3.81. The fourth-order valence-corrected chi connectivity index (χ4v) is 4.86. The Morgan fingerprint density at radius 1 is 1.30 bits per heavy atom. The maximum atomic E-state index is 12.3. The van der Waals surface area contributed by atoms with Crippen LogP contribution in [0.2, 0.25) is 8.67 Å². The van der Waals surface area contributed by atoms with Gasteiger partial charge in [0.05, 0.1) is 16.6 Å². The molecule has 0 aliphatic heterocycles. The zero-order valence-corrected chi connectivity index (χ0v) is 13.5. The van der Waals surface area contributed by atoms with Crippen LogP contribution in [0, 0.1) is 6.92 Å². The summed E-state index contributed by atoms with van der Waals surface area (Å²) in [6, 6.07) is 6.34. The normalized spacial score (nSPS) is 11.6. The summed E-state index contributed by atoms with van der Waals surface area (Å²) < 4.78 is 27.4. The molecular formula is C12H11Cl2NO3S2. The van der Waals surface area contributed by atoms with Gasteiger partial charge in [0.1, 0.15) is 9.23 Å². The zero-order valence-electron chi connectivity index (χ0n) is 10.4. The smallest absolute Gasteiger partial charge is 0.264 e. The molecule has 2 aromatic rings. The number of benzene rings is 1. The molecule has 1 aromatic carbocycles. The number of thiophene rings is 1. The van der Waals surface area contributed by atoms with E-state index in [2.05, 4.69) is 4.72 Å². The predicted molar refractivity (Wildman–Crippen MR) is 82.2 cm³/mol. The Morgan fingerprint density at radius 2 is 2.00 bits per heavy atom. The molecule has 2 rings (SSSR count). The average molecular weight is 352 g/mol. The average Bonchev–Trinajstić information content (AvgIpc) is 2.72. The van der Waals surface area contributed by atoms with Gasteiger partial charge in [0.2, 0.25) is 0 Å². The summed E-state index contributed by atoms with van der Waals surface area (Å²) in [5.74, 6) is 0. The second kappa shape index (κ2) is 5.91. The number of nitrogens with one attached hydrogen (secondary N) is 1. The second-order valence-corrected chi connectivity index (χ2v) is 8.04.